The van der Waals surface area contributed by atoms with Crippen molar-refractivity contribution in [3.8, 4) is 10.8 Å². The normalized spacial score (nSPS) is 12.2. The first-order valence-electron chi connectivity index (χ1n) is 5.76. The van der Waals surface area contributed by atoms with E-state index in [1.54, 1.807) is 6.07 Å². The van der Waals surface area contributed by atoms with Gasteiger partial charge in [-0.25, -0.2) is 4.39 Å². The highest BCUT2D eigenvalue weighted by Gasteiger charge is 2.22. The van der Waals surface area contributed by atoms with Crippen molar-refractivity contribution >= 4 is 21.4 Å². The number of rotatable bonds is 2. The number of benzene rings is 1. The lowest BCUT2D eigenvalue weighted by atomic mass is 10.1. The van der Waals surface area contributed by atoms with Gasteiger partial charge in [-0.2, -0.15) is 4.98 Å². The van der Waals surface area contributed by atoms with Crippen molar-refractivity contribution < 1.29 is 8.91 Å². The van der Waals surface area contributed by atoms with E-state index in [2.05, 4.69) is 10.1 Å². The smallest absolute Gasteiger partial charge is 0.268 e. The van der Waals surface area contributed by atoms with Gasteiger partial charge in [0.2, 0.25) is 0 Å². The van der Waals surface area contributed by atoms with E-state index in [1.807, 2.05) is 19.9 Å². The zero-order valence-electron chi connectivity index (χ0n) is 10.5. The SMILES string of the molecule is CC(C)(N)c1noc(-c2cc3ccc(F)cc3s2)n1. The van der Waals surface area contributed by atoms with E-state index < -0.39 is 5.54 Å². The second-order valence-electron chi connectivity index (χ2n) is 4.94. The lowest BCUT2D eigenvalue weighted by Crippen LogP contribution is -2.30. The van der Waals surface area contributed by atoms with Gasteiger partial charge in [-0.15, -0.1) is 11.3 Å². The van der Waals surface area contributed by atoms with Gasteiger partial charge in [-0.3, -0.25) is 0 Å². The maximum absolute atomic E-state index is 13.1. The predicted octanol–water partition coefficient (Wildman–Crippen LogP) is 3.28. The Balaban J connectivity index is 2.07. The van der Waals surface area contributed by atoms with Gasteiger partial charge in [-0.1, -0.05) is 11.2 Å². The Morgan fingerprint density at radius 1 is 1.32 bits per heavy atom. The van der Waals surface area contributed by atoms with E-state index in [0.29, 0.717) is 11.7 Å². The first-order valence-corrected chi connectivity index (χ1v) is 6.58. The summed E-state index contributed by atoms with van der Waals surface area (Å²) in [4.78, 5) is 5.09. The van der Waals surface area contributed by atoms with Crippen molar-refractivity contribution in [2.45, 2.75) is 19.4 Å². The molecule has 0 radical (unpaired) electrons. The van der Waals surface area contributed by atoms with E-state index in [1.165, 1.54) is 23.5 Å². The fraction of sp³-hybridized carbons (Fsp3) is 0.231. The van der Waals surface area contributed by atoms with Crippen LogP contribution in [0.5, 0.6) is 0 Å². The van der Waals surface area contributed by atoms with Gasteiger partial charge in [0.25, 0.3) is 5.89 Å². The van der Waals surface area contributed by atoms with Gasteiger partial charge in [0, 0.05) is 4.70 Å². The number of halogens is 1. The Kier molecular flexibility index (Phi) is 2.65. The van der Waals surface area contributed by atoms with Crippen LogP contribution in [0.25, 0.3) is 20.9 Å². The van der Waals surface area contributed by atoms with Crippen molar-refractivity contribution in [2.24, 2.45) is 5.73 Å². The molecular weight excluding hydrogens is 265 g/mol. The van der Waals surface area contributed by atoms with Gasteiger partial charge in [-0.05, 0) is 37.4 Å². The molecule has 0 aliphatic heterocycles. The highest BCUT2D eigenvalue weighted by molar-refractivity contribution is 7.22. The van der Waals surface area contributed by atoms with Crippen LogP contribution < -0.4 is 5.73 Å². The van der Waals surface area contributed by atoms with Gasteiger partial charge in [0.05, 0.1) is 10.4 Å². The lowest BCUT2D eigenvalue weighted by Gasteiger charge is -2.11. The van der Waals surface area contributed by atoms with Gasteiger partial charge in [0.1, 0.15) is 5.82 Å². The largest absolute Gasteiger partial charge is 0.333 e. The van der Waals surface area contributed by atoms with Crippen molar-refractivity contribution in [1.82, 2.24) is 10.1 Å². The van der Waals surface area contributed by atoms with Gasteiger partial charge in [0.15, 0.2) is 5.82 Å². The molecule has 98 valence electrons. The summed E-state index contributed by atoms with van der Waals surface area (Å²) in [5, 5.41) is 4.83. The fourth-order valence-electron chi connectivity index (χ4n) is 1.70. The standard InChI is InChI=1S/C13H12FN3OS/c1-13(2,15)12-16-11(18-17-12)10-5-7-3-4-8(14)6-9(7)19-10/h3-6H,15H2,1-2H3. The monoisotopic (exact) mass is 277 g/mol. The number of nitrogens with zero attached hydrogens (tertiary/aromatic N) is 2. The molecule has 0 fully saturated rings. The van der Waals surface area contributed by atoms with E-state index in [4.69, 9.17) is 10.3 Å². The minimum Gasteiger partial charge on any atom is -0.333 e. The van der Waals surface area contributed by atoms with Crippen LogP contribution in [0.1, 0.15) is 19.7 Å². The molecule has 0 spiro atoms. The second kappa shape index (κ2) is 4.11. The van der Waals surface area contributed by atoms with E-state index >= 15 is 0 Å². The number of hydrogen-bond donors (Lipinski definition) is 1. The number of thiophene rings is 1. The molecule has 0 atom stereocenters. The molecule has 0 unspecified atom stereocenters. The fourth-order valence-corrected chi connectivity index (χ4v) is 2.71. The van der Waals surface area contributed by atoms with Crippen LogP contribution in [0, 0.1) is 5.82 Å². The molecule has 2 heterocycles. The Morgan fingerprint density at radius 2 is 2.11 bits per heavy atom. The third-order valence-corrected chi connectivity index (χ3v) is 3.78. The molecule has 6 heteroatoms. The number of nitrogens with two attached hydrogens (primary N) is 1. The quantitative estimate of drug-likeness (QED) is 0.780. The van der Waals surface area contributed by atoms with Crippen LogP contribution in [-0.4, -0.2) is 10.1 Å². The van der Waals surface area contributed by atoms with Crippen LogP contribution in [0.3, 0.4) is 0 Å². The molecule has 3 rings (SSSR count). The zero-order valence-corrected chi connectivity index (χ0v) is 11.3. The summed E-state index contributed by atoms with van der Waals surface area (Å²) in [5.41, 5.74) is 5.26. The van der Waals surface area contributed by atoms with Crippen LogP contribution in [-0.2, 0) is 5.54 Å². The van der Waals surface area contributed by atoms with E-state index in [-0.39, 0.29) is 5.82 Å². The minimum absolute atomic E-state index is 0.254. The molecule has 0 saturated heterocycles. The molecule has 0 amide bonds. The summed E-state index contributed by atoms with van der Waals surface area (Å²) in [6.45, 7) is 3.61. The number of hydrogen-bond acceptors (Lipinski definition) is 5. The molecule has 4 nitrogen and oxygen atoms in total. The molecular formula is C13H12FN3OS. The summed E-state index contributed by atoms with van der Waals surface area (Å²) in [5.74, 6) is 0.608. The number of fused-ring (bicyclic) bond motifs is 1. The maximum atomic E-state index is 13.1. The summed E-state index contributed by atoms with van der Waals surface area (Å²) in [7, 11) is 0. The molecule has 1 aromatic carbocycles. The van der Waals surface area contributed by atoms with E-state index in [0.717, 1.165) is 15.0 Å². The highest BCUT2D eigenvalue weighted by atomic mass is 32.1. The van der Waals surface area contributed by atoms with Crippen molar-refractivity contribution in [3.63, 3.8) is 0 Å². The topological polar surface area (TPSA) is 64.9 Å². The lowest BCUT2D eigenvalue weighted by molar-refractivity contribution is 0.397. The molecule has 19 heavy (non-hydrogen) atoms. The van der Waals surface area contributed by atoms with Crippen LogP contribution in [0.4, 0.5) is 4.39 Å². The van der Waals surface area contributed by atoms with Crippen LogP contribution in [0.2, 0.25) is 0 Å². The van der Waals surface area contributed by atoms with Crippen molar-refractivity contribution in [2.75, 3.05) is 0 Å². The Morgan fingerprint density at radius 3 is 2.79 bits per heavy atom. The number of aromatic nitrogens is 2. The first kappa shape index (κ1) is 12.3. The third-order valence-electron chi connectivity index (χ3n) is 2.70. The molecule has 0 bridgehead atoms. The van der Waals surface area contributed by atoms with Gasteiger partial charge >= 0.3 is 0 Å². The average Bonchev–Trinajstić information content (AvgIpc) is 2.92. The molecule has 0 aliphatic carbocycles. The molecule has 2 N–H and O–H groups in total. The second-order valence-corrected chi connectivity index (χ2v) is 6.02. The molecule has 0 aliphatic rings. The average molecular weight is 277 g/mol. The molecule has 0 saturated carbocycles. The zero-order chi connectivity index (χ0) is 13.6. The summed E-state index contributed by atoms with van der Waals surface area (Å²) >= 11 is 1.41. The molecule has 2 aromatic heterocycles. The third kappa shape index (κ3) is 2.24. The van der Waals surface area contributed by atoms with Crippen molar-refractivity contribution in [1.29, 1.82) is 0 Å². The summed E-state index contributed by atoms with van der Waals surface area (Å²) in [6, 6.07) is 6.56. The van der Waals surface area contributed by atoms with Crippen LogP contribution in [0.15, 0.2) is 28.8 Å². The first-order chi connectivity index (χ1) is 8.93. The van der Waals surface area contributed by atoms with E-state index in [9.17, 15) is 4.39 Å². The Labute approximate surface area is 113 Å². The highest BCUT2D eigenvalue weighted by Crippen LogP contribution is 2.33. The predicted molar refractivity (Wildman–Crippen MR) is 72.3 cm³/mol. The Hall–Kier alpha value is -1.79. The molecule has 3 aromatic rings. The van der Waals surface area contributed by atoms with Gasteiger partial charge < -0.3 is 10.3 Å². The minimum atomic E-state index is -0.648. The summed E-state index contributed by atoms with van der Waals surface area (Å²) < 4.78 is 19.2. The summed E-state index contributed by atoms with van der Waals surface area (Å²) in [6.07, 6.45) is 0. The van der Waals surface area contributed by atoms with Crippen molar-refractivity contribution in [3.05, 3.63) is 35.9 Å². The maximum Gasteiger partial charge on any atom is 0.268 e. The van der Waals surface area contributed by atoms with Crippen LogP contribution >= 0.6 is 11.3 Å². The Bertz CT molecular complexity index is 742.